The van der Waals surface area contributed by atoms with Crippen LogP contribution in [0.1, 0.15) is 53.0 Å². The van der Waals surface area contributed by atoms with Gasteiger partial charge in [0.25, 0.3) is 11.8 Å². The lowest BCUT2D eigenvalue weighted by molar-refractivity contribution is 0.0685. The molecule has 33 heavy (non-hydrogen) atoms. The Kier molecular flexibility index (Phi) is 8.80. The van der Waals surface area contributed by atoms with Crippen molar-refractivity contribution in [3.8, 4) is 0 Å². The first-order valence-electron chi connectivity index (χ1n) is 11.2. The van der Waals surface area contributed by atoms with E-state index >= 15 is 0 Å². The first-order chi connectivity index (χ1) is 15.5. The normalized spacial score (nSPS) is 14.2. The van der Waals surface area contributed by atoms with Gasteiger partial charge >= 0.3 is 0 Å². The number of unbranched alkanes of at least 4 members (excludes halogenated alkanes) is 1. The molecular weight excluding hydrogens is 461 g/mol. The second-order valence-corrected chi connectivity index (χ2v) is 9.30. The highest BCUT2D eigenvalue weighted by Gasteiger charge is 2.24. The third-order valence-electron chi connectivity index (χ3n) is 6.28. The van der Waals surface area contributed by atoms with E-state index in [0.717, 1.165) is 55.3 Å². The molecule has 0 saturated carbocycles. The Morgan fingerprint density at radius 1 is 1.09 bits per heavy atom. The van der Waals surface area contributed by atoms with Crippen molar-refractivity contribution in [1.82, 2.24) is 14.2 Å². The zero-order valence-electron chi connectivity index (χ0n) is 18.7. The van der Waals surface area contributed by atoms with Crippen LogP contribution in [0.15, 0.2) is 48.5 Å². The van der Waals surface area contributed by atoms with Gasteiger partial charge in [0.2, 0.25) is 0 Å². The number of benzene rings is 2. The fourth-order valence-corrected chi connectivity index (χ4v) is 5.07. The van der Waals surface area contributed by atoms with Crippen LogP contribution in [-0.4, -0.2) is 52.7 Å². The number of piperidine rings is 1. The zero-order valence-corrected chi connectivity index (χ0v) is 20.3. The molecule has 4 rings (SSSR count). The maximum atomic E-state index is 13.1. The molecule has 1 aliphatic rings. The molecule has 5 nitrogen and oxygen atoms in total. The molecule has 0 unspecified atom stereocenters. The van der Waals surface area contributed by atoms with Crippen molar-refractivity contribution in [3.05, 3.63) is 65.6 Å². The van der Waals surface area contributed by atoms with Crippen LogP contribution in [-0.2, 0) is 0 Å². The number of carbonyl (C=O) groups excluding carboxylic acids is 2. The van der Waals surface area contributed by atoms with E-state index in [1.807, 2.05) is 36.2 Å². The van der Waals surface area contributed by atoms with Crippen LogP contribution in [0.4, 0.5) is 4.39 Å². The van der Waals surface area contributed by atoms with Crippen molar-refractivity contribution in [2.24, 2.45) is 5.92 Å². The quantitative estimate of drug-likeness (QED) is 0.403. The summed E-state index contributed by atoms with van der Waals surface area (Å²) in [6.07, 6.45) is 5.12. The number of carbonyl (C=O) groups is 2. The Morgan fingerprint density at radius 3 is 2.52 bits per heavy atom. The van der Waals surface area contributed by atoms with Gasteiger partial charge in [-0.1, -0.05) is 31.0 Å². The Labute approximate surface area is 204 Å². The SMILES string of the molecule is CN(CCCCC1CCN(C(=O)c2ccc(F)cc2)CC1)C(=O)c1nsc2ccccc12.Cl. The van der Waals surface area contributed by atoms with Crippen molar-refractivity contribution < 1.29 is 14.0 Å². The highest BCUT2D eigenvalue weighted by Crippen LogP contribution is 2.25. The molecule has 0 bridgehead atoms. The predicted molar refractivity (Wildman–Crippen MR) is 133 cm³/mol. The standard InChI is InChI=1S/C25H28FN3O2S.ClH/c1-28(25(31)23-21-7-2-3-8-22(21)32-27-23)15-5-4-6-18-13-16-29(17-14-18)24(30)19-9-11-20(26)12-10-19;/h2-3,7-12,18H,4-6,13-17H2,1H3;1H. The Bertz CT molecular complexity index is 1080. The fraction of sp³-hybridized carbons (Fsp3) is 0.400. The number of fused-ring (bicyclic) bond motifs is 1. The van der Waals surface area contributed by atoms with Gasteiger partial charge in [-0.15, -0.1) is 12.4 Å². The molecule has 2 amide bonds. The average Bonchev–Trinajstić information content (AvgIpc) is 3.26. The van der Waals surface area contributed by atoms with Gasteiger partial charge in [0.1, 0.15) is 11.5 Å². The highest BCUT2D eigenvalue weighted by atomic mass is 35.5. The number of rotatable bonds is 7. The summed E-state index contributed by atoms with van der Waals surface area (Å²) in [5.74, 6) is 0.247. The molecule has 3 aromatic rings. The summed E-state index contributed by atoms with van der Waals surface area (Å²) in [6.45, 7) is 2.21. The van der Waals surface area contributed by atoms with E-state index in [0.29, 0.717) is 23.7 Å². The van der Waals surface area contributed by atoms with Crippen LogP contribution >= 0.6 is 23.9 Å². The molecule has 1 fully saturated rings. The molecule has 8 heteroatoms. The van der Waals surface area contributed by atoms with Gasteiger partial charge in [0.15, 0.2) is 0 Å². The van der Waals surface area contributed by atoms with Crippen LogP contribution in [0, 0.1) is 11.7 Å². The van der Waals surface area contributed by atoms with Gasteiger partial charge in [-0.2, -0.15) is 4.37 Å². The predicted octanol–water partition coefficient (Wildman–Crippen LogP) is 5.65. The van der Waals surface area contributed by atoms with E-state index in [-0.39, 0.29) is 30.0 Å². The van der Waals surface area contributed by atoms with Gasteiger partial charge in [-0.25, -0.2) is 4.39 Å². The topological polar surface area (TPSA) is 53.5 Å². The summed E-state index contributed by atoms with van der Waals surface area (Å²) in [5.41, 5.74) is 1.09. The lowest BCUT2D eigenvalue weighted by atomic mass is 9.91. The molecule has 0 N–H and O–H groups in total. The third kappa shape index (κ3) is 6.09. The molecule has 1 aromatic heterocycles. The van der Waals surface area contributed by atoms with Crippen molar-refractivity contribution in [2.45, 2.75) is 32.1 Å². The summed E-state index contributed by atoms with van der Waals surface area (Å²) < 4.78 is 18.5. The summed E-state index contributed by atoms with van der Waals surface area (Å²) in [4.78, 5) is 29.0. The van der Waals surface area contributed by atoms with Crippen LogP contribution in [0.25, 0.3) is 10.1 Å². The number of amides is 2. The van der Waals surface area contributed by atoms with Gasteiger partial charge < -0.3 is 9.80 Å². The molecule has 1 aliphatic heterocycles. The minimum atomic E-state index is -0.326. The van der Waals surface area contributed by atoms with E-state index in [2.05, 4.69) is 4.37 Å². The Hall–Kier alpha value is -2.51. The van der Waals surface area contributed by atoms with Gasteiger partial charge in [-0.05, 0) is 67.0 Å². The maximum Gasteiger partial charge on any atom is 0.273 e. The molecule has 1 saturated heterocycles. The van der Waals surface area contributed by atoms with Gasteiger partial charge in [-0.3, -0.25) is 9.59 Å². The number of hydrogen-bond donors (Lipinski definition) is 0. The second-order valence-electron chi connectivity index (χ2n) is 8.49. The molecular formula is C25H29ClFN3O2S. The smallest absolute Gasteiger partial charge is 0.273 e. The van der Waals surface area contributed by atoms with E-state index in [9.17, 15) is 14.0 Å². The number of aromatic nitrogens is 1. The molecule has 0 spiro atoms. The summed E-state index contributed by atoms with van der Waals surface area (Å²) in [5, 5.41) is 0.927. The Balaban J connectivity index is 0.00000306. The second kappa shape index (κ2) is 11.6. The van der Waals surface area contributed by atoms with Crippen molar-refractivity contribution in [2.75, 3.05) is 26.7 Å². The largest absolute Gasteiger partial charge is 0.340 e. The van der Waals surface area contributed by atoms with Crippen LogP contribution < -0.4 is 0 Å². The van der Waals surface area contributed by atoms with Crippen molar-refractivity contribution in [3.63, 3.8) is 0 Å². The number of halogens is 2. The number of hydrogen-bond acceptors (Lipinski definition) is 4. The third-order valence-corrected chi connectivity index (χ3v) is 7.10. The lowest BCUT2D eigenvalue weighted by Crippen LogP contribution is -2.38. The van der Waals surface area contributed by atoms with E-state index < -0.39 is 0 Å². The zero-order chi connectivity index (χ0) is 22.5. The Morgan fingerprint density at radius 2 is 1.79 bits per heavy atom. The summed E-state index contributed by atoms with van der Waals surface area (Å²) in [6, 6.07) is 13.6. The van der Waals surface area contributed by atoms with Crippen molar-refractivity contribution >= 4 is 45.8 Å². The van der Waals surface area contributed by atoms with Crippen molar-refractivity contribution in [1.29, 1.82) is 0 Å². The van der Waals surface area contributed by atoms with Crippen LogP contribution in [0.3, 0.4) is 0 Å². The summed E-state index contributed by atoms with van der Waals surface area (Å²) in [7, 11) is 1.84. The number of likely N-dealkylation sites (tertiary alicyclic amines) is 1. The molecule has 0 aliphatic carbocycles. The minimum absolute atomic E-state index is 0. The first-order valence-corrected chi connectivity index (χ1v) is 11.9. The van der Waals surface area contributed by atoms with Gasteiger partial charge in [0, 0.05) is 37.6 Å². The molecule has 0 atom stereocenters. The lowest BCUT2D eigenvalue weighted by Gasteiger charge is -2.32. The van der Waals surface area contributed by atoms with E-state index in [4.69, 9.17) is 0 Å². The molecule has 176 valence electrons. The summed E-state index contributed by atoms with van der Waals surface area (Å²) >= 11 is 1.37. The molecule has 0 radical (unpaired) electrons. The monoisotopic (exact) mass is 489 g/mol. The van der Waals surface area contributed by atoms with Gasteiger partial charge in [0.05, 0.1) is 4.70 Å². The fourth-order valence-electron chi connectivity index (χ4n) is 4.30. The minimum Gasteiger partial charge on any atom is -0.340 e. The maximum absolute atomic E-state index is 13.1. The first kappa shape index (κ1) is 25.1. The number of nitrogens with zero attached hydrogens (tertiary/aromatic N) is 3. The van der Waals surface area contributed by atoms with E-state index in [1.165, 1.54) is 23.7 Å². The van der Waals surface area contributed by atoms with Crippen LogP contribution in [0.2, 0.25) is 0 Å². The van der Waals surface area contributed by atoms with E-state index in [1.54, 1.807) is 17.0 Å². The molecule has 2 aromatic carbocycles. The molecule has 2 heterocycles. The highest BCUT2D eigenvalue weighted by molar-refractivity contribution is 7.13. The van der Waals surface area contributed by atoms with Crippen LogP contribution in [0.5, 0.6) is 0 Å². The average molecular weight is 490 g/mol.